The van der Waals surface area contributed by atoms with Gasteiger partial charge in [0.25, 0.3) is 11.6 Å². The van der Waals surface area contributed by atoms with Crippen molar-refractivity contribution in [1.29, 1.82) is 0 Å². The Bertz CT molecular complexity index is 933. The first-order valence-electron chi connectivity index (χ1n) is 8.51. The molecule has 10 heteroatoms. The molecule has 2 aromatic carbocycles. The largest absolute Gasteiger partial charge is 0.504 e. The average molecular weight is 423 g/mol. The van der Waals surface area contributed by atoms with E-state index in [9.17, 15) is 24.8 Å². The van der Waals surface area contributed by atoms with Crippen LogP contribution in [-0.4, -0.2) is 35.1 Å². The van der Waals surface area contributed by atoms with Crippen LogP contribution in [0.15, 0.2) is 36.4 Å². The summed E-state index contributed by atoms with van der Waals surface area (Å²) in [5, 5.41) is 22.9. The number of hydrogen-bond acceptors (Lipinski definition) is 7. The van der Waals surface area contributed by atoms with Gasteiger partial charge in [-0.2, -0.15) is 0 Å². The zero-order valence-electron chi connectivity index (χ0n) is 15.7. The molecule has 0 saturated heterocycles. The molecule has 0 saturated carbocycles. The minimum Gasteiger partial charge on any atom is -0.504 e. The lowest BCUT2D eigenvalue weighted by atomic mass is 10.1. The van der Waals surface area contributed by atoms with Gasteiger partial charge in [-0.15, -0.1) is 0 Å². The number of benzene rings is 2. The van der Waals surface area contributed by atoms with Crippen LogP contribution < -0.4 is 10.1 Å². The third kappa shape index (κ3) is 6.08. The van der Waals surface area contributed by atoms with Crippen molar-refractivity contribution >= 4 is 34.9 Å². The number of nitro groups is 1. The van der Waals surface area contributed by atoms with Crippen LogP contribution in [0.25, 0.3) is 0 Å². The molecule has 2 rings (SSSR count). The highest BCUT2D eigenvalue weighted by atomic mass is 35.5. The van der Waals surface area contributed by atoms with E-state index in [-0.39, 0.29) is 28.6 Å². The first kappa shape index (κ1) is 22.0. The minimum absolute atomic E-state index is 0.00166. The van der Waals surface area contributed by atoms with Gasteiger partial charge >= 0.3 is 5.97 Å². The van der Waals surface area contributed by atoms with Crippen molar-refractivity contribution in [3.05, 3.63) is 57.1 Å². The Kier molecular flexibility index (Phi) is 7.38. The molecule has 1 unspecified atom stereocenters. The standard InChI is InChI=1S/C19H19ClN2O7/c1-11(19(25)21-15-6-5-13(22(26)27)10-14(15)20)29-18(24)8-4-12-3-7-17(28-2)16(23)9-12/h3,5-7,9-11,23H,4,8H2,1-2H3,(H,21,25). The van der Waals surface area contributed by atoms with Gasteiger partial charge in [-0.05, 0) is 37.1 Å². The summed E-state index contributed by atoms with van der Waals surface area (Å²) in [6.45, 7) is 1.39. The molecule has 0 spiro atoms. The smallest absolute Gasteiger partial charge is 0.306 e. The molecule has 29 heavy (non-hydrogen) atoms. The van der Waals surface area contributed by atoms with E-state index in [1.165, 1.54) is 32.2 Å². The Hall–Kier alpha value is -3.33. The van der Waals surface area contributed by atoms with Crippen LogP contribution in [0.2, 0.25) is 5.02 Å². The second kappa shape index (κ2) is 9.74. The summed E-state index contributed by atoms with van der Waals surface area (Å²) in [4.78, 5) is 34.3. The van der Waals surface area contributed by atoms with Gasteiger partial charge in [0.2, 0.25) is 0 Å². The Balaban J connectivity index is 1.88. The zero-order valence-corrected chi connectivity index (χ0v) is 16.4. The molecule has 0 aliphatic rings. The lowest BCUT2D eigenvalue weighted by molar-refractivity contribution is -0.384. The first-order chi connectivity index (χ1) is 13.7. The molecule has 2 N–H and O–H groups in total. The molecule has 0 aliphatic carbocycles. The number of nitrogens with zero attached hydrogens (tertiary/aromatic N) is 1. The number of phenols is 1. The lowest BCUT2D eigenvalue weighted by Gasteiger charge is -2.14. The molecule has 9 nitrogen and oxygen atoms in total. The number of hydrogen-bond donors (Lipinski definition) is 2. The van der Waals surface area contributed by atoms with Crippen molar-refractivity contribution in [3.8, 4) is 11.5 Å². The molecule has 1 atom stereocenters. The first-order valence-corrected chi connectivity index (χ1v) is 8.89. The number of aromatic hydroxyl groups is 1. The number of anilines is 1. The highest BCUT2D eigenvalue weighted by molar-refractivity contribution is 6.34. The zero-order chi connectivity index (χ0) is 21.6. The Morgan fingerprint density at radius 2 is 2.00 bits per heavy atom. The number of aryl methyl sites for hydroxylation is 1. The molecule has 0 fully saturated rings. The van der Waals surface area contributed by atoms with E-state index in [1.807, 2.05) is 0 Å². The number of carbonyl (C=O) groups is 2. The third-order valence-electron chi connectivity index (χ3n) is 3.96. The van der Waals surface area contributed by atoms with Gasteiger partial charge in [0.05, 0.1) is 22.7 Å². The van der Waals surface area contributed by atoms with Crippen LogP contribution >= 0.6 is 11.6 Å². The van der Waals surface area contributed by atoms with Crippen molar-refractivity contribution < 1.29 is 29.1 Å². The Morgan fingerprint density at radius 1 is 1.28 bits per heavy atom. The van der Waals surface area contributed by atoms with E-state index in [0.717, 1.165) is 6.07 Å². The molecule has 0 aromatic heterocycles. The molecular formula is C19H19ClN2O7. The predicted molar refractivity (Wildman–Crippen MR) is 105 cm³/mol. The Labute approximate surface area is 171 Å². The van der Waals surface area contributed by atoms with Crippen LogP contribution in [0.1, 0.15) is 18.9 Å². The van der Waals surface area contributed by atoms with Gasteiger partial charge in [0.15, 0.2) is 17.6 Å². The fourth-order valence-corrected chi connectivity index (χ4v) is 2.62. The van der Waals surface area contributed by atoms with Gasteiger partial charge < -0.3 is 19.9 Å². The summed E-state index contributed by atoms with van der Waals surface area (Å²) in [5.41, 5.74) is 0.658. The van der Waals surface area contributed by atoms with E-state index < -0.39 is 22.9 Å². The molecule has 0 heterocycles. The number of ether oxygens (including phenoxy) is 2. The number of phenolic OH excluding ortho intramolecular Hbond substituents is 1. The number of non-ortho nitro benzene ring substituents is 1. The van der Waals surface area contributed by atoms with Gasteiger partial charge in [0, 0.05) is 18.6 Å². The summed E-state index contributed by atoms with van der Waals surface area (Å²) in [5.74, 6) is -0.938. The number of nitro benzene ring substituents is 1. The second-order valence-corrected chi connectivity index (χ2v) is 6.46. The lowest BCUT2D eigenvalue weighted by Crippen LogP contribution is -2.30. The molecule has 1 amide bonds. The second-order valence-electron chi connectivity index (χ2n) is 6.05. The fraction of sp³-hybridized carbons (Fsp3) is 0.263. The van der Waals surface area contributed by atoms with Crippen LogP contribution in [0.3, 0.4) is 0 Å². The SMILES string of the molecule is COc1ccc(CCC(=O)OC(C)C(=O)Nc2ccc([N+](=O)[O-])cc2Cl)cc1O. The van der Waals surface area contributed by atoms with Crippen molar-refractivity contribution in [1.82, 2.24) is 0 Å². The number of esters is 1. The van der Waals surface area contributed by atoms with E-state index in [2.05, 4.69) is 5.32 Å². The molecular weight excluding hydrogens is 404 g/mol. The highest BCUT2D eigenvalue weighted by Gasteiger charge is 2.20. The summed E-state index contributed by atoms with van der Waals surface area (Å²) in [6.07, 6.45) is -0.793. The van der Waals surface area contributed by atoms with Gasteiger partial charge in [0.1, 0.15) is 0 Å². The van der Waals surface area contributed by atoms with Gasteiger partial charge in [-0.3, -0.25) is 19.7 Å². The summed E-state index contributed by atoms with van der Waals surface area (Å²) in [7, 11) is 1.43. The van der Waals surface area contributed by atoms with Crippen LogP contribution in [-0.2, 0) is 20.7 Å². The third-order valence-corrected chi connectivity index (χ3v) is 4.27. The number of halogens is 1. The summed E-state index contributed by atoms with van der Waals surface area (Å²) in [6, 6.07) is 8.38. The van der Waals surface area contributed by atoms with Crippen LogP contribution in [0.5, 0.6) is 11.5 Å². The maximum Gasteiger partial charge on any atom is 0.306 e. The van der Waals surface area contributed by atoms with Crippen molar-refractivity contribution in [2.24, 2.45) is 0 Å². The average Bonchev–Trinajstić information content (AvgIpc) is 2.67. The van der Waals surface area contributed by atoms with E-state index in [1.54, 1.807) is 12.1 Å². The van der Waals surface area contributed by atoms with Crippen LogP contribution in [0.4, 0.5) is 11.4 Å². The fourth-order valence-electron chi connectivity index (χ4n) is 2.40. The Morgan fingerprint density at radius 3 is 2.59 bits per heavy atom. The van der Waals surface area contributed by atoms with E-state index in [0.29, 0.717) is 17.7 Å². The number of carbonyl (C=O) groups excluding carboxylic acids is 2. The molecule has 154 valence electrons. The molecule has 2 aromatic rings. The maximum absolute atomic E-state index is 12.2. The monoisotopic (exact) mass is 422 g/mol. The number of methoxy groups -OCH3 is 1. The minimum atomic E-state index is -1.10. The topological polar surface area (TPSA) is 128 Å². The van der Waals surface area contributed by atoms with Crippen molar-refractivity contribution in [3.63, 3.8) is 0 Å². The summed E-state index contributed by atoms with van der Waals surface area (Å²) < 4.78 is 10.0. The number of amides is 1. The van der Waals surface area contributed by atoms with Crippen LogP contribution in [0, 0.1) is 10.1 Å². The predicted octanol–water partition coefficient (Wildman–Crippen LogP) is 3.47. The number of rotatable bonds is 8. The van der Waals surface area contributed by atoms with Gasteiger partial charge in [-0.1, -0.05) is 17.7 Å². The number of nitrogens with one attached hydrogen (secondary N) is 1. The van der Waals surface area contributed by atoms with Crippen molar-refractivity contribution in [2.75, 3.05) is 12.4 Å². The molecule has 0 bridgehead atoms. The molecule has 0 radical (unpaired) electrons. The van der Waals surface area contributed by atoms with E-state index >= 15 is 0 Å². The normalized spacial score (nSPS) is 11.4. The quantitative estimate of drug-likeness (QED) is 0.378. The molecule has 0 aliphatic heterocycles. The van der Waals surface area contributed by atoms with E-state index in [4.69, 9.17) is 21.1 Å². The highest BCUT2D eigenvalue weighted by Crippen LogP contribution is 2.27. The maximum atomic E-state index is 12.2. The van der Waals surface area contributed by atoms with Gasteiger partial charge in [-0.25, -0.2) is 0 Å². The summed E-state index contributed by atoms with van der Waals surface area (Å²) >= 11 is 5.92. The van der Waals surface area contributed by atoms with Crippen molar-refractivity contribution in [2.45, 2.75) is 25.9 Å².